The first-order valence-electron chi connectivity index (χ1n) is 10.7. The van der Waals surface area contributed by atoms with Crippen LogP contribution in [0.4, 0.5) is 4.79 Å². The summed E-state index contributed by atoms with van der Waals surface area (Å²) in [6.45, 7) is 12.7. The van der Waals surface area contributed by atoms with Crippen LogP contribution in [-0.2, 0) is 14.3 Å². The van der Waals surface area contributed by atoms with Gasteiger partial charge in [-0.2, -0.15) is 0 Å². The quantitative estimate of drug-likeness (QED) is 0.596. The SMILES string of the molecule is CCN1CCC(CN2C(=O)OC(N3CCN(CCC(=O)OC)CC3)C2C)CC1. The van der Waals surface area contributed by atoms with E-state index in [0.29, 0.717) is 12.3 Å². The second-order valence-corrected chi connectivity index (χ2v) is 8.25. The minimum Gasteiger partial charge on any atom is -0.469 e. The van der Waals surface area contributed by atoms with E-state index in [2.05, 4.69) is 28.5 Å². The molecule has 2 atom stereocenters. The van der Waals surface area contributed by atoms with Crippen molar-refractivity contribution in [1.82, 2.24) is 19.6 Å². The fraction of sp³-hybridized carbons (Fsp3) is 0.900. The summed E-state index contributed by atoms with van der Waals surface area (Å²) in [5, 5.41) is 0. The molecule has 0 radical (unpaired) electrons. The monoisotopic (exact) mass is 396 g/mol. The number of nitrogens with zero attached hydrogens (tertiary/aromatic N) is 4. The molecule has 3 rings (SSSR count). The standard InChI is InChI=1S/C20H36N4O4/c1-4-21-8-5-17(6-9-21)15-24-16(2)19(28-20(24)26)23-13-11-22(12-14-23)10-7-18(25)27-3/h16-17,19H,4-15H2,1-3H3. The van der Waals surface area contributed by atoms with Crippen molar-refractivity contribution in [3.8, 4) is 0 Å². The average Bonchev–Trinajstić information content (AvgIpc) is 3.01. The van der Waals surface area contributed by atoms with Gasteiger partial charge in [-0.15, -0.1) is 0 Å². The van der Waals surface area contributed by atoms with Crippen molar-refractivity contribution >= 4 is 12.1 Å². The molecule has 3 aliphatic heterocycles. The van der Waals surface area contributed by atoms with Crippen LogP contribution in [0.5, 0.6) is 0 Å². The summed E-state index contributed by atoms with van der Waals surface area (Å²) in [6.07, 6.45) is 2.42. The van der Waals surface area contributed by atoms with Gasteiger partial charge < -0.3 is 24.2 Å². The van der Waals surface area contributed by atoms with Gasteiger partial charge in [0.25, 0.3) is 0 Å². The molecule has 0 aromatic rings. The molecule has 0 bridgehead atoms. The second-order valence-electron chi connectivity index (χ2n) is 8.25. The van der Waals surface area contributed by atoms with Gasteiger partial charge in [-0.3, -0.25) is 9.69 Å². The van der Waals surface area contributed by atoms with E-state index in [1.54, 1.807) is 0 Å². The fourth-order valence-corrected chi connectivity index (χ4v) is 4.57. The van der Waals surface area contributed by atoms with E-state index in [1.165, 1.54) is 7.11 Å². The molecule has 0 N–H and O–H groups in total. The van der Waals surface area contributed by atoms with Gasteiger partial charge >= 0.3 is 12.1 Å². The van der Waals surface area contributed by atoms with Gasteiger partial charge in [0, 0.05) is 39.3 Å². The summed E-state index contributed by atoms with van der Waals surface area (Å²) in [6, 6.07) is 0.0818. The Labute approximate surface area is 168 Å². The van der Waals surface area contributed by atoms with Gasteiger partial charge in [0.1, 0.15) is 0 Å². The first kappa shape index (κ1) is 21.3. The Balaban J connectivity index is 1.45. The highest BCUT2D eigenvalue weighted by Gasteiger charge is 2.43. The number of piperidine rings is 1. The normalized spacial score (nSPS) is 28.5. The lowest BCUT2D eigenvalue weighted by atomic mass is 9.96. The summed E-state index contributed by atoms with van der Waals surface area (Å²) >= 11 is 0. The van der Waals surface area contributed by atoms with Crippen LogP contribution in [0.25, 0.3) is 0 Å². The van der Waals surface area contributed by atoms with E-state index in [9.17, 15) is 9.59 Å². The zero-order valence-corrected chi connectivity index (χ0v) is 17.6. The van der Waals surface area contributed by atoms with E-state index < -0.39 is 0 Å². The molecular weight excluding hydrogens is 360 g/mol. The number of likely N-dealkylation sites (tertiary alicyclic amines) is 1. The maximum absolute atomic E-state index is 12.5. The number of carbonyl (C=O) groups excluding carboxylic acids is 2. The van der Waals surface area contributed by atoms with Crippen LogP contribution in [0.15, 0.2) is 0 Å². The number of ether oxygens (including phenoxy) is 2. The molecule has 8 heteroatoms. The van der Waals surface area contributed by atoms with Gasteiger partial charge in [-0.1, -0.05) is 6.92 Å². The number of cyclic esters (lactones) is 1. The zero-order chi connectivity index (χ0) is 20.1. The molecule has 0 saturated carbocycles. The van der Waals surface area contributed by atoms with E-state index in [4.69, 9.17) is 9.47 Å². The van der Waals surface area contributed by atoms with E-state index in [1.807, 2.05) is 4.90 Å². The smallest absolute Gasteiger partial charge is 0.411 e. The van der Waals surface area contributed by atoms with Gasteiger partial charge in [-0.05, 0) is 45.3 Å². The summed E-state index contributed by atoms with van der Waals surface area (Å²) in [4.78, 5) is 32.8. The minimum atomic E-state index is -0.166. The highest BCUT2D eigenvalue weighted by Crippen LogP contribution is 2.27. The Bertz CT molecular complexity index is 530. The first-order chi connectivity index (χ1) is 13.5. The third-order valence-corrected chi connectivity index (χ3v) is 6.60. The lowest BCUT2D eigenvalue weighted by Crippen LogP contribution is -2.54. The topological polar surface area (TPSA) is 65.6 Å². The summed E-state index contributed by atoms with van der Waals surface area (Å²) in [5.74, 6) is 0.410. The number of hydrogen-bond donors (Lipinski definition) is 0. The predicted octanol–water partition coefficient (Wildman–Crippen LogP) is 1.07. The summed E-state index contributed by atoms with van der Waals surface area (Å²) < 4.78 is 10.5. The van der Waals surface area contributed by atoms with Crippen LogP contribution in [-0.4, -0.2) is 110 Å². The Morgan fingerprint density at radius 1 is 1.11 bits per heavy atom. The van der Waals surface area contributed by atoms with Gasteiger partial charge in [0.15, 0.2) is 6.23 Å². The molecule has 3 fully saturated rings. The molecule has 8 nitrogen and oxygen atoms in total. The van der Waals surface area contributed by atoms with E-state index in [-0.39, 0.29) is 24.3 Å². The number of methoxy groups -OCH3 is 1. The highest BCUT2D eigenvalue weighted by atomic mass is 16.6. The summed E-state index contributed by atoms with van der Waals surface area (Å²) in [7, 11) is 1.43. The van der Waals surface area contributed by atoms with Gasteiger partial charge in [0.2, 0.25) is 0 Å². The number of amides is 1. The van der Waals surface area contributed by atoms with Crippen LogP contribution >= 0.6 is 0 Å². The maximum Gasteiger partial charge on any atom is 0.411 e. The lowest BCUT2D eigenvalue weighted by molar-refractivity contribution is -0.141. The molecule has 1 amide bonds. The average molecular weight is 397 g/mol. The van der Waals surface area contributed by atoms with Crippen LogP contribution < -0.4 is 0 Å². The van der Waals surface area contributed by atoms with Crippen molar-refractivity contribution in [2.75, 3.05) is 66.0 Å². The Hall–Kier alpha value is -1.38. The number of rotatable bonds is 7. The molecule has 2 unspecified atom stereocenters. The van der Waals surface area contributed by atoms with Crippen molar-refractivity contribution in [2.24, 2.45) is 5.92 Å². The van der Waals surface area contributed by atoms with Crippen LogP contribution in [0.3, 0.4) is 0 Å². The Kier molecular flexibility index (Phi) is 7.54. The van der Waals surface area contributed by atoms with Crippen LogP contribution in [0.2, 0.25) is 0 Å². The maximum atomic E-state index is 12.5. The largest absolute Gasteiger partial charge is 0.469 e. The van der Waals surface area contributed by atoms with Crippen LogP contribution in [0, 0.1) is 5.92 Å². The van der Waals surface area contributed by atoms with Crippen molar-refractivity contribution in [3.63, 3.8) is 0 Å². The molecule has 0 aliphatic carbocycles. The molecule has 28 heavy (non-hydrogen) atoms. The van der Waals surface area contributed by atoms with Crippen molar-refractivity contribution in [3.05, 3.63) is 0 Å². The molecular formula is C20H36N4O4. The molecule has 3 aliphatic rings. The third-order valence-electron chi connectivity index (χ3n) is 6.60. The second kappa shape index (κ2) is 9.89. The van der Waals surface area contributed by atoms with E-state index >= 15 is 0 Å². The molecule has 3 heterocycles. The molecule has 0 spiro atoms. The van der Waals surface area contributed by atoms with Crippen LogP contribution in [0.1, 0.15) is 33.1 Å². The third kappa shape index (κ3) is 5.15. The van der Waals surface area contributed by atoms with Crippen molar-refractivity contribution in [1.29, 1.82) is 0 Å². The number of hydrogen-bond acceptors (Lipinski definition) is 7. The Morgan fingerprint density at radius 3 is 2.39 bits per heavy atom. The number of carbonyl (C=O) groups is 2. The number of piperazine rings is 1. The van der Waals surface area contributed by atoms with Crippen molar-refractivity contribution in [2.45, 2.75) is 45.4 Å². The molecule has 0 aromatic carbocycles. The predicted molar refractivity (Wildman–Crippen MR) is 106 cm³/mol. The number of esters is 1. The highest BCUT2D eigenvalue weighted by molar-refractivity contribution is 5.70. The minimum absolute atomic E-state index is 0.0818. The van der Waals surface area contributed by atoms with Crippen molar-refractivity contribution < 1.29 is 19.1 Å². The first-order valence-corrected chi connectivity index (χ1v) is 10.7. The molecule has 160 valence electrons. The van der Waals surface area contributed by atoms with E-state index in [0.717, 1.165) is 71.7 Å². The van der Waals surface area contributed by atoms with Gasteiger partial charge in [0.05, 0.1) is 19.6 Å². The summed E-state index contributed by atoms with van der Waals surface area (Å²) in [5.41, 5.74) is 0. The molecule has 3 saturated heterocycles. The molecule has 0 aromatic heterocycles. The lowest BCUT2D eigenvalue weighted by Gasteiger charge is -2.38. The zero-order valence-electron chi connectivity index (χ0n) is 17.6. The fourth-order valence-electron chi connectivity index (χ4n) is 4.57. The van der Waals surface area contributed by atoms with Gasteiger partial charge in [-0.25, -0.2) is 4.79 Å². The Morgan fingerprint density at radius 2 is 1.79 bits per heavy atom.